The van der Waals surface area contributed by atoms with Gasteiger partial charge < -0.3 is 14.4 Å². The molecular formula is C18H29NO3. The van der Waals surface area contributed by atoms with Gasteiger partial charge in [0.25, 0.3) is 0 Å². The molecule has 0 aromatic rings. The highest BCUT2D eigenvalue weighted by atomic mass is 16.5. The summed E-state index contributed by atoms with van der Waals surface area (Å²) in [5.74, 6) is 0.770. The van der Waals surface area contributed by atoms with Crippen LogP contribution in [0.2, 0.25) is 0 Å². The van der Waals surface area contributed by atoms with E-state index in [0.717, 1.165) is 65.0 Å². The van der Waals surface area contributed by atoms with Crippen LogP contribution in [0.3, 0.4) is 0 Å². The van der Waals surface area contributed by atoms with Crippen molar-refractivity contribution in [2.45, 2.75) is 51.6 Å². The Labute approximate surface area is 133 Å². The van der Waals surface area contributed by atoms with Crippen molar-refractivity contribution in [1.82, 2.24) is 4.90 Å². The van der Waals surface area contributed by atoms with Crippen molar-refractivity contribution in [3.05, 3.63) is 12.2 Å². The third-order valence-electron chi connectivity index (χ3n) is 5.48. The van der Waals surface area contributed by atoms with Crippen molar-refractivity contribution in [2.75, 3.05) is 32.9 Å². The number of rotatable bonds is 5. The number of allylic oxidation sites excluding steroid dienone is 2. The van der Waals surface area contributed by atoms with Gasteiger partial charge in [-0.05, 0) is 44.9 Å². The topological polar surface area (TPSA) is 38.8 Å². The summed E-state index contributed by atoms with van der Waals surface area (Å²) < 4.78 is 11.8. The minimum absolute atomic E-state index is 0.0215. The first-order chi connectivity index (χ1) is 10.7. The number of amides is 1. The van der Waals surface area contributed by atoms with E-state index < -0.39 is 0 Å². The molecule has 1 aliphatic carbocycles. The van der Waals surface area contributed by atoms with Gasteiger partial charge in [-0.2, -0.15) is 0 Å². The number of nitrogens with zero attached hydrogens (tertiary/aromatic N) is 1. The van der Waals surface area contributed by atoms with Gasteiger partial charge in [-0.15, -0.1) is 0 Å². The number of hydrogen-bond acceptors (Lipinski definition) is 3. The average Bonchev–Trinajstić information content (AvgIpc) is 3.05. The fraction of sp³-hybridized carbons (Fsp3) is 0.833. The van der Waals surface area contributed by atoms with Gasteiger partial charge in [0.05, 0.1) is 12.7 Å². The molecule has 2 fully saturated rings. The Morgan fingerprint density at radius 1 is 1.45 bits per heavy atom. The molecule has 0 N–H and O–H groups in total. The molecular weight excluding hydrogens is 278 g/mol. The highest BCUT2D eigenvalue weighted by Gasteiger charge is 2.47. The van der Waals surface area contributed by atoms with Gasteiger partial charge in [0.2, 0.25) is 5.91 Å². The highest BCUT2D eigenvalue weighted by Crippen LogP contribution is 2.40. The van der Waals surface area contributed by atoms with Crippen molar-refractivity contribution in [3.8, 4) is 0 Å². The second-order valence-corrected chi connectivity index (χ2v) is 7.04. The maximum atomic E-state index is 12.7. The summed E-state index contributed by atoms with van der Waals surface area (Å²) in [6.07, 6.45) is 10.8. The fourth-order valence-corrected chi connectivity index (χ4v) is 4.24. The Bertz CT molecular complexity index is 423. The van der Waals surface area contributed by atoms with E-state index in [1.165, 1.54) is 0 Å². The van der Waals surface area contributed by atoms with Gasteiger partial charge in [-0.3, -0.25) is 4.79 Å². The molecule has 0 saturated carbocycles. The van der Waals surface area contributed by atoms with E-state index >= 15 is 0 Å². The van der Waals surface area contributed by atoms with Crippen LogP contribution in [0.25, 0.3) is 0 Å². The predicted molar refractivity (Wildman–Crippen MR) is 85.6 cm³/mol. The molecule has 0 radical (unpaired) electrons. The molecule has 0 bridgehead atoms. The molecule has 0 aromatic carbocycles. The van der Waals surface area contributed by atoms with Crippen LogP contribution >= 0.6 is 0 Å². The van der Waals surface area contributed by atoms with Gasteiger partial charge >= 0.3 is 0 Å². The van der Waals surface area contributed by atoms with Crippen LogP contribution in [0.15, 0.2) is 12.2 Å². The molecule has 3 atom stereocenters. The predicted octanol–water partition coefficient (Wildman–Crippen LogP) is 2.78. The summed E-state index contributed by atoms with van der Waals surface area (Å²) >= 11 is 0. The minimum Gasteiger partial charge on any atom is -0.381 e. The second-order valence-electron chi connectivity index (χ2n) is 7.04. The summed E-state index contributed by atoms with van der Waals surface area (Å²) in [5, 5.41) is 0. The lowest BCUT2D eigenvalue weighted by atomic mass is 9.73. The van der Waals surface area contributed by atoms with Gasteiger partial charge in [-0.25, -0.2) is 0 Å². The van der Waals surface area contributed by atoms with Crippen LogP contribution in [0.4, 0.5) is 0 Å². The Balaban J connectivity index is 1.64. The Kier molecular flexibility index (Phi) is 5.19. The Hall–Kier alpha value is -0.870. The molecule has 1 amide bonds. The maximum absolute atomic E-state index is 12.7. The quantitative estimate of drug-likeness (QED) is 0.733. The number of ether oxygens (including phenoxy) is 2. The third-order valence-corrected chi connectivity index (χ3v) is 5.48. The molecule has 2 saturated heterocycles. The zero-order chi connectivity index (χ0) is 15.4. The van der Waals surface area contributed by atoms with Crippen molar-refractivity contribution in [2.24, 2.45) is 11.3 Å². The van der Waals surface area contributed by atoms with Crippen molar-refractivity contribution >= 4 is 5.91 Å². The van der Waals surface area contributed by atoms with Gasteiger partial charge in [-0.1, -0.05) is 12.2 Å². The van der Waals surface area contributed by atoms with Crippen molar-refractivity contribution in [3.63, 3.8) is 0 Å². The van der Waals surface area contributed by atoms with E-state index in [0.29, 0.717) is 18.2 Å². The lowest BCUT2D eigenvalue weighted by Crippen LogP contribution is -2.58. The van der Waals surface area contributed by atoms with Gasteiger partial charge in [0.1, 0.15) is 0 Å². The Morgan fingerprint density at radius 3 is 3.14 bits per heavy atom. The monoisotopic (exact) mass is 307 g/mol. The highest BCUT2D eigenvalue weighted by molar-refractivity contribution is 5.77. The SMILES string of the molecule is CCOCC12CCCOC1CCN(C(=O)CC1C=CCC1)C2. The molecule has 2 heterocycles. The first-order valence-corrected chi connectivity index (χ1v) is 8.87. The normalized spacial score (nSPS) is 34.7. The summed E-state index contributed by atoms with van der Waals surface area (Å²) in [5.41, 5.74) is 0.0215. The molecule has 4 nitrogen and oxygen atoms in total. The molecule has 124 valence electrons. The molecule has 3 aliphatic rings. The molecule has 0 spiro atoms. The summed E-state index contributed by atoms with van der Waals surface area (Å²) in [6, 6.07) is 0. The van der Waals surface area contributed by atoms with E-state index in [4.69, 9.17) is 9.47 Å². The van der Waals surface area contributed by atoms with E-state index in [9.17, 15) is 4.79 Å². The standard InChI is InChI=1S/C18H29NO3/c1-2-21-14-18-9-5-11-22-16(18)8-10-19(13-18)17(20)12-15-6-3-4-7-15/h3,6,15-16H,2,4-5,7-14H2,1H3. The van der Waals surface area contributed by atoms with Crippen LogP contribution in [0.1, 0.15) is 45.4 Å². The van der Waals surface area contributed by atoms with Crippen LogP contribution in [0.5, 0.6) is 0 Å². The molecule has 4 heteroatoms. The Morgan fingerprint density at radius 2 is 2.36 bits per heavy atom. The van der Waals surface area contributed by atoms with Crippen molar-refractivity contribution < 1.29 is 14.3 Å². The summed E-state index contributed by atoms with van der Waals surface area (Å²) in [4.78, 5) is 14.7. The number of fused-ring (bicyclic) bond motifs is 1. The summed E-state index contributed by atoms with van der Waals surface area (Å²) in [7, 11) is 0. The van der Waals surface area contributed by atoms with E-state index in [1.54, 1.807) is 0 Å². The smallest absolute Gasteiger partial charge is 0.223 e. The first kappa shape index (κ1) is 16.0. The maximum Gasteiger partial charge on any atom is 0.223 e. The van der Waals surface area contributed by atoms with E-state index in [2.05, 4.69) is 17.1 Å². The lowest BCUT2D eigenvalue weighted by molar-refractivity contribution is -0.164. The molecule has 0 aromatic heterocycles. The lowest BCUT2D eigenvalue weighted by Gasteiger charge is -2.50. The van der Waals surface area contributed by atoms with Crippen LogP contribution in [-0.2, 0) is 14.3 Å². The average molecular weight is 307 g/mol. The van der Waals surface area contributed by atoms with Crippen LogP contribution in [-0.4, -0.2) is 49.8 Å². The summed E-state index contributed by atoms with van der Waals surface area (Å²) in [6.45, 7) is 6.00. The van der Waals surface area contributed by atoms with Crippen LogP contribution in [0, 0.1) is 11.3 Å². The molecule has 22 heavy (non-hydrogen) atoms. The number of likely N-dealkylation sites (tertiary alicyclic amines) is 1. The number of piperidine rings is 1. The fourth-order valence-electron chi connectivity index (χ4n) is 4.24. The van der Waals surface area contributed by atoms with Gasteiger partial charge in [0.15, 0.2) is 0 Å². The van der Waals surface area contributed by atoms with E-state index in [1.807, 2.05) is 6.92 Å². The third kappa shape index (κ3) is 3.38. The molecule has 3 rings (SSSR count). The van der Waals surface area contributed by atoms with Gasteiger partial charge in [0, 0.05) is 38.1 Å². The van der Waals surface area contributed by atoms with Crippen LogP contribution < -0.4 is 0 Å². The zero-order valence-electron chi connectivity index (χ0n) is 13.8. The zero-order valence-corrected chi connectivity index (χ0v) is 13.8. The molecule has 3 unspecified atom stereocenters. The largest absolute Gasteiger partial charge is 0.381 e. The number of hydrogen-bond donors (Lipinski definition) is 0. The first-order valence-electron chi connectivity index (χ1n) is 8.87. The minimum atomic E-state index is 0.0215. The molecule has 2 aliphatic heterocycles. The van der Waals surface area contributed by atoms with Crippen molar-refractivity contribution in [1.29, 1.82) is 0 Å². The number of carbonyl (C=O) groups is 1. The number of carbonyl (C=O) groups excluding carboxylic acids is 1. The second kappa shape index (κ2) is 7.14. The van der Waals surface area contributed by atoms with E-state index in [-0.39, 0.29) is 11.5 Å².